The Bertz CT molecular complexity index is 941. The number of amides is 1. The summed E-state index contributed by atoms with van der Waals surface area (Å²) in [5.41, 5.74) is 3.50. The fourth-order valence-corrected chi connectivity index (χ4v) is 3.18. The van der Waals surface area contributed by atoms with Crippen LogP contribution in [0.3, 0.4) is 0 Å². The predicted octanol–water partition coefficient (Wildman–Crippen LogP) is 4.17. The third-order valence-corrected chi connectivity index (χ3v) is 4.61. The third-order valence-electron chi connectivity index (χ3n) is 4.61. The van der Waals surface area contributed by atoms with Gasteiger partial charge < -0.3 is 24.3 Å². The lowest BCUT2D eigenvalue weighted by molar-refractivity contribution is -0.120. The molecule has 7 heteroatoms. The summed E-state index contributed by atoms with van der Waals surface area (Å²) >= 11 is 0. The first-order valence-corrected chi connectivity index (χ1v) is 10.1. The van der Waals surface area contributed by atoms with E-state index in [0.717, 1.165) is 22.4 Å². The van der Waals surface area contributed by atoms with Crippen LogP contribution in [0.5, 0.6) is 17.2 Å². The third kappa shape index (κ3) is 5.57. The van der Waals surface area contributed by atoms with E-state index >= 15 is 0 Å². The Morgan fingerprint density at radius 3 is 2.19 bits per heavy atom. The van der Waals surface area contributed by atoms with Crippen LogP contribution in [0.2, 0.25) is 0 Å². The number of methoxy groups -OCH3 is 4. The molecular formula is C24H30N2O5. The van der Waals surface area contributed by atoms with Gasteiger partial charge in [0.25, 0.3) is 0 Å². The quantitative estimate of drug-likeness (QED) is 0.641. The molecule has 0 radical (unpaired) electrons. The smallest absolute Gasteiger partial charge is 0.224 e. The van der Waals surface area contributed by atoms with E-state index in [1.807, 2.05) is 38.1 Å². The van der Waals surface area contributed by atoms with E-state index in [2.05, 4.69) is 10.3 Å². The molecule has 0 fully saturated rings. The first-order valence-electron chi connectivity index (χ1n) is 10.1. The van der Waals surface area contributed by atoms with E-state index in [1.165, 1.54) is 7.11 Å². The highest BCUT2D eigenvalue weighted by Gasteiger charge is 2.18. The largest absolute Gasteiger partial charge is 0.499 e. The van der Waals surface area contributed by atoms with E-state index in [4.69, 9.17) is 18.9 Å². The van der Waals surface area contributed by atoms with E-state index in [-0.39, 0.29) is 18.9 Å². The Morgan fingerprint density at radius 1 is 0.968 bits per heavy atom. The van der Waals surface area contributed by atoms with Crippen LogP contribution in [0.25, 0.3) is 5.57 Å². The van der Waals surface area contributed by atoms with Crippen LogP contribution in [0.1, 0.15) is 25.0 Å². The van der Waals surface area contributed by atoms with Crippen molar-refractivity contribution in [3.63, 3.8) is 0 Å². The second-order valence-corrected chi connectivity index (χ2v) is 6.30. The zero-order valence-corrected chi connectivity index (χ0v) is 18.9. The van der Waals surface area contributed by atoms with Gasteiger partial charge in [-0.25, -0.2) is 0 Å². The highest BCUT2D eigenvalue weighted by atomic mass is 16.5. The molecule has 7 nitrogen and oxygen atoms in total. The monoisotopic (exact) mass is 426 g/mol. The van der Waals surface area contributed by atoms with Crippen molar-refractivity contribution in [1.29, 1.82) is 0 Å². The summed E-state index contributed by atoms with van der Waals surface area (Å²) in [5.74, 6) is 2.00. The van der Waals surface area contributed by atoms with Gasteiger partial charge in [-0.05, 0) is 23.8 Å². The molecule has 166 valence electrons. The van der Waals surface area contributed by atoms with Gasteiger partial charge in [-0.15, -0.1) is 0 Å². The van der Waals surface area contributed by atoms with Crippen molar-refractivity contribution in [3.05, 3.63) is 53.3 Å². The lowest BCUT2D eigenvalue weighted by Crippen LogP contribution is -2.28. The molecule has 0 bridgehead atoms. The Morgan fingerprint density at radius 2 is 1.61 bits per heavy atom. The summed E-state index contributed by atoms with van der Waals surface area (Å²) in [4.78, 5) is 16.9. The fourth-order valence-electron chi connectivity index (χ4n) is 3.18. The maximum Gasteiger partial charge on any atom is 0.224 e. The molecule has 1 aliphatic heterocycles. The fraction of sp³-hybridized carbons (Fsp3) is 0.333. The van der Waals surface area contributed by atoms with Gasteiger partial charge >= 0.3 is 0 Å². The SMILES string of the molecule is CC.CO/C(CNC(=O)Cc1cc(OC)c(OC)c(OC)c1)=C1/C=Nc2ccccc21. The lowest BCUT2D eigenvalue weighted by Gasteiger charge is -2.14. The molecule has 2 aromatic rings. The maximum absolute atomic E-state index is 12.5. The number of carbonyl (C=O) groups excluding carboxylic acids is 1. The lowest BCUT2D eigenvalue weighted by atomic mass is 10.1. The number of allylic oxidation sites excluding steroid dienone is 1. The standard InChI is InChI=1S/C22H24N2O5.C2H6/c1-26-18-9-14(10-19(27-2)22(18)29-4)11-21(25)24-13-20(28-3)16-12-23-17-8-6-5-7-15(16)17;1-2/h5-10,12H,11,13H2,1-4H3,(H,24,25);1-2H3/b20-16-;. The molecule has 0 saturated carbocycles. The van der Waals surface area contributed by atoms with E-state index in [0.29, 0.717) is 23.0 Å². The van der Waals surface area contributed by atoms with E-state index < -0.39 is 0 Å². The van der Waals surface area contributed by atoms with Crippen molar-refractivity contribution in [2.75, 3.05) is 35.0 Å². The maximum atomic E-state index is 12.5. The second kappa shape index (κ2) is 11.6. The van der Waals surface area contributed by atoms with Crippen LogP contribution in [0.15, 0.2) is 47.1 Å². The number of para-hydroxylation sites is 1. The molecule has 3 rings (SSSR count). The van der Waals surface area contributed by atoms with Crippen LogP contribution in [0, 0.1) is 0 Å². The molecule has 0 aromatic heterocycles. The second-order valence-electron chi connectivity index (χ2n) is 6.30. The predicted molar refractivity (Wildman–Crippen MR) is 123 cm³/mol. The molecule has 1 aliphatic rings. The molecule has 2 aromatic carbocycles. The molecule has 1 amide bonds. The number of hydrogen-bond acceptors (Lipinski definition) is 6. The molecule has 0 unspecified atom stereocenters. The van der Waals surface area contributed by atoms with Crippen molar-refractivity contribution in [2.45, 2.75) is 20.3 Å². The van der Waals surface area contributed by atoms with Crippen molar-refractivity contribution in [1.82, 2.24) is 5.32 Å². The van der Waals surface area contributed by atoms with Crippen molar-refractivity contribution < 1.29 is 23.7 Å². The minimum absolute atomic E-state index is 0.155. The average Bonchev–Trinajstić information content (AvgIpc) is 3.24. The number of ether oxygens (including phenoxy) is 4. The topological polar surface area (TPSA) is 78.4 Å². The van der Waals surface area contributed by atoms with Crippen LogP contribution in [-0.4, -0.2) is 47.1 Å². The van der Waals surface area contributed by atoms with E-state index in [1.54, 1.807) is 39.7 Å². The van der Waals surface area contributed by atoms with Gasteiger partial charge in [-0.3, -0.25) is 9.79 Å². The summed E-state index contributed by atoms with van der Waals surface area (Å²) in [7, 11) is 6.21. The van der Waals surface area contributed by atoms with Gasteiger partial charge in [0.1, 0.15) is 5.76 Å². The first kappa shape index (κ1) is 23.8. The molecule has 0 aliphatic carbocycles. The minimum atomic E-state index is -0.155. The van der Waals surface area contributed by atoms with Crippen molar-refractivity contribution in [3.8, 4) is 17.2 Å². The van der Waals surface area contributed by atoms with Crippen molar-refractivity contribution in [2.24, 2.45) is 4.99 Å². The Labute approximate surface area is 183 Å². The number of fused-ring (bicyclic) bond motifs is 1. The normalized spacial score (nSPS) is 12.8. The van der Waals surface area contributed by atoms with Gasteiger partial charge in [0, 0.05) is 17.4 Å². The summed E-state index contributed by atoms with van der Waals surface area (Å²) in [6, 6.07) is 11.3. The molecule has 0 atom stereocenters. The van der Waals surface area contributed by atoms with Crippen LogP contribution in [-0.2, 0) is 16.0 Å². The number of carbonyl (C=O) groups is 1. The summed E-state index contributed by atoms with van der Waals surface area (Å²) < 4.78 is 21.5. The molecule has 0 saturated heterocycles. The van der Waals surface area contributed by atoms with Crippen LogP contribution < -0.4 is 19.5 Å². The highest BCUT2D eigenvalue weighted by Crippen LogP contribution is 2.38. The van der Waals surface area contributed by atoms with Crippen LogP contribution in [0.4, 0.5) is 5.69 Å². The summed E-state index contributed by atoms with van der Waals surface area (Å²) in [6.07, 6.45) is 1.92. The van der Waals surface area contributed by atoms with Crippen molar-refractivity contribution >= 4 is 23.4 Å². The Balaban J connectivity index is 0.00000166. The van der Waals surface area contributed by atoms with Gasteiger partial charge in [-0.2, -0.15) is 0 Å². The average molecular weight is 427 g/mol. The zero-order valence-electron chi connectivity index (χ0n) is 18.9. The molecule has 0 spiro atoms. The Hall–Kier alpha value is -3.48. The number of benzene rings is 2. The number of rotatable bonds is 8. The number of nitrogens with one attached hydrogen (secondary N) is 1. The number of nitrogens with zero attached hydrogens (tertiary/aromatic N) is 1. The van der Waals surface area contributed by atoms with Gasteiger partial charge in [0.15, 0.2) is 11.5 Å². The summed E-state index contributed by atoms with van der Waals surface area (Å²) in [5, 5.41) is 2.90. The number of hydrogen-bond donors (Lipinski definition) is 1. The Kier molecular flexibility index (Phi) is 8.94. The molecule has 31 heavy (non-hydrogen) atoms. The molecular weight excluding hydrogens is 396 g/mol. The van der Waals surface area contributed by atoms with Gasteiger partial charge in [0.05, 0.1) is 47.1 Å². The number of aliphatic imine (C=N–C) groups is 1. The molecule has 1 heterocycles. The zero-order chi connectivity index (χ0) is 22.8. The highest BCUT2D eigenvalue weighted by molar-refractivity contribution is 6.17. The van der Waals surface area contributed by atoms with Gasteiger partial charge in [0.2, 0.25) is 11.7 Å². The summed E-state index contributed by atoms with van der Waals surface area (Å²) in [6.45, 7) is 4.26. The first-order chi connectivity index (χ1) is 15.1. The minimum Gasteiger partial charge on any atom is -0.499 e. The van der Waals surface area contributed by atoms with Gasteiger partial charge in [-0.1, -0.05) is 32.0 Å². The van der Waals surface area contributed by atoms with E-state index in [9.17, 15) is 4.79 Å². The molecule has 1 N–H and O–H groups in total. The van der Waals surface area contributed by atoms with Crippen LogP contribution >= 0.6 is 0 Å².